The molecule has 0 saturated carbocycles. The number of nitrogens with one attached hydrogen (secondary N) is 1. The summed E-state index contributed by atoms with van der Waals surface area (Å²) in [5, 5.41) is 19.0. The van der Waals surface area contributed by atoms with Crippen LogP contribution in [0, 0.1) is 0 Å². The van der Waals surface area contributed by atoms with Crippen molar-refractivity contribution in [1.29, 1.82) is 0 Å². The zero-order valence-corrected chi connectivity index (χ0v) is 18.0. The summed E-state index contributed by atoms with van der Waals surface area (Å²) in [6.45, 7) is 0.375. The zero-order chi connectivity index (χ0) is 21.8. The molecular weight excluding hydrogens is 402 g/mol. The van der Waals surface area contributed by atoms with Crippen LogP contribution in [0.1, 0.15) is 54.9 Å². The summed E-state index contributed by atoms with van der Waals surface area (Å²) in [6.07, 6.45) is 3.43. The number of carboxylic acid groups (broad SMARTS) is 1. The monoisotopic (exact) mass is 433 g/mol. The van der Waals surface area contributed by atoms with E-state index in [0.29, 0.717) is 32.2 Å². The topological polar surface area (TPSA) is 104 Å². The molecule has 2 aromatic rings. The van der Waals surface area contributed by atoms with Crippen LogP contribution in [0.2, 0.25) is 0 Å². The Balaban J connectivity index is 1.70. The quantitative estimate of drug-likeness (QED) is 0.396. The number of aliphatic hydroxyl groups is 1. The van der Waals surface area contributed by atoms with Gasteiger partial charge < -0.3 is 10.2 Å². The summed E-state index contributed by atoms with van der Waals surface area (Å²) >= 11 is 0. The van der Waals surface area contributed by atoms with Crippen molar-refractivity contribution >= 4 is 16.0 Å². The molecule has 2 rings (SSSR count). The van der Waals surface area contributed by atoms with E-state index in [1.54, 1.807) is 0 Å². The number of sulfonamides is 1. The molecule has 30 heavy (non-hydrogen) atoms. The zero-order valence-electron chi connectivity index (χ0n) is 17.2. The maximum Gasteiger partial charge on any atom is 0.303 e. The van der Waals surface area contributed by atoms with Crippen LogP contribution in [0.5, 0.6) is 0 Å². The van der Waals surface area contributed by atoms with Crippen LogP contribution >= 0.6 is 0 Å². The molecule has 0 bridgehead atoms. The van der Waals surface area contributed by atoms with Crippen molar-refractivity contribution in [1.82, 2.24) is 4.72 Å². The Labute approximate surface area is 179 Å². The molecule has 0 aliphatic carbocycles. The smallest absolute Gasteiger partial charge is 0.303 e. The number of unbranched alkanes of at least 4 members (excludes halogenated alkanes) is 3. The van der Waals surface area contributed by atoms with E-state index < -0.39 is 22.1 Å². The van der Waals surface area contributed by atoms with Gasteiger partial charge in [-0.25, -0.2) is 13.1 Å². The molecule has 3 N–H and O–H groups in total. The maximum atomic E-state index is 12.1. The van der Waals surface area contributed by atoms with Crippen LogP contribution in [0.15, 0.2) is 54.6 Å². The van der Waals surface area contributed by atoms with E-state index in [2.05, 4.69) is 4.72 Å². The molecular formula is C23H31NO5S. The first-order chi connectivity index (χ1) is 14.4. The number of aliphatic carboxylic acids is 1. The fourth-order valence-corrected chi connectivity index (χ4v) is 4.27. The van der Waals surface area contributed by atoms with Crippen LogP contribution in [0.4, 0.5) is 0 Å². The van der Waals surface area contributed by atoms with Crippen molar-refractivity contribution < 1.29 is 23.4 Å². The number of aryl methyl sites for hydroxylation is 1. The summed E-state index contributed by atoms with van der Waals surface area (Å²) in [5.41, 5.74) is 2.78. The molecule has 2 aromatic carbocycles. The lowest BCUT2D eigenvalue weighted by molar-refractivity contribution is -0.137. The van der Waals surface area contributed by atoms with E-state index >= 15 is 0 Å². The van der Waals surface area contributed by atoms with Gasteiger partial charge in [0.1, 0.15) is 0 Å². The van der Waals surface area contributed by atoms with Crippen molar-refractivity contribution in [3.05, 3.63) is 71.3 Å². The lowest BCUT2D eigenvalue weighted by Gasteiger charge is -2.12. The van der Waals surface area contributed by atoms with Gasteiger partial charge in [0.2, 0.25) is 10.0 Å². The van der Waals surface area contributed by atoms with E-state index in [0.717, 1.165) is 29.5 Å². The van der Waals surface area contributed by atoms with Gasteiger partial charge in [0.25, 0.3) is 0 Å². The van der Waals surface area contributed by atoms with Crippen LogP contribution in [-0.4, -0.2) is 36.9 Å². The lowest BCUT2D eigenvalue weighted by Crippen LogP contribution is -2.28. The molecule has 7 heteroatoms. The van der Waals surface area contributed by atoms with Gasteiger partial charge in [0, 0.05) is 19.4 Å². The first kappa shape index (κ1) is 24.1. The molecule has 0 fully saturated rings. The number of carbonyl (C=O) groups is 1. The highest BCUT2D eigenvalue weighted by molar-refractivity contribution is 7.89. The van der Waals surface area contributed by atoms with Gasteiger partial charge in [-0.3, -0.25) is 4.79 Å². The van der Waals surface area contributed by atoms with Crippen LogP contribution in [0.3, 0.4) is 0 Å². The maximum absolute atomic E-state index is 12.1. The Hall–Kier alpha value is -2.22. The second-order valence-electron chi connectivity index (χ2n) is 7.47. The molecule has 1 unspecified atom stereocenters. The van der Waals surface area contributed by atoms with Gasteiger partial charge in [-0.2, -0.15) is 0 Å². The molecule has 0 radical (unpaired) electrons. The first-order valence-electron chi connectivity index (χ1n) is 10.4. The Morgan fingerprint density at radius 3 is 2.23 bits per heavy atom. The van der Waals surface area contributed by atoms with Gasteiger partial charge in [0.05, 0.1) is 11.9 Å². The fraction of sp³-hybridized carbons (Fsp3) is 0.435. The summed E-state index contributed by atoms with van der Waals surface area (Å²) in [6, 6.07) is 17.2. The summed E-state index contributed by atoms with van der Waals surface area (Å²) in [7, 11) is -3.35. The third-order valence-electron chi connectivity index (χ3n) is 4.94. The minimum absolute atomic E-state index is 0.0118. The highest BCUT2D eigenvalue weighted by atomic mass is 32.2. The number of benzene rings is 2. The lowest BCUT2D eigenvalue weighted by atomic mass is 10.00. The van der Waals surface area contributed by atoms with E-state index in [9.17, 15) is 18.3 Å². The second kappa shape index (κ2) is 12.5. The normalized spacial score (nSPS) is 12.6. The van der Waals surface area contributed by atoms with Crippen molar-refractivity contribution in [2.75, 3.05) is 12.3 Å². The number of hydrogen-bond donors (Lipinski definition) is 3. The Morgan fingerprint density at radius 1 is 0.900 bits per heavy atom. The van der Waals surface area contributed by atoms with E-state index in [-0.39, 0.29) is 12.2 Å². The fourth-order valence-electron chi connectivity index (χ4n) is 3.17. The minimum atomic E-state index is -3.35. The van der Waals surface area contributed by atoms with Crippen molar-refractivity contribution in [3.8, 4) is 0 Å². The van der Waals surface area contributed by atoms with Crippen LogP contribution in [-0.2, 0) is 27.7 Å². The largest absolute Gasteiger partial charge is 0.481 e. The van der Waals surface area contributed by atoms with Crippen LogP contribution in [0.25, 0.3) is 0 Å². The standard InChI is InChI=1S/C23H31NO5S/c25-22(18-20-8-4-3-5-9-20)21-13-11-19(12-14-21)15-17-30(28,29)24-16-7-2-1-6-10-23(26)27/h3-5,8-9,11-14,22,24-25H,1-2,6-7,10,15-18H2,(H,26,27). The SMILES string of the molecule is O=C(O)CCCCCCNS(=O)(=O)CCc1ccc(C(O)Cc2ccccc2)cc1. The minimum Gasteiger partial charge on any atom is -0.481 e. The molecule has 0 amide bonds. The highest BCUT2D eigenvalue weighted by Gasteiger charge is 2.11. The number of rotatable bonds is 14. The second-order valence-corrected chi connectivity index (χ2v) is 9.39. The molecule has 0 spiro atoms. The Bertz CT molecular complexity index is 866. The Morgan fingerprint density at radius 2 is 1.57 bits per heavy atom. The van der Waals surface area contributed by atoms with Crippen molar-refractivity contribution in [2.45, 2.75) is 51.0 Å². The van der Waals surface area contributed by atoms with Gasteiger partial charge in [-0.05, 0) is 36.0 Å². The van der Waals surface area contributed by atoms with E-state index in [1.807, 2.05) is 54.6 Å². The highest BCUT2D eigenvalue weighted by Crippen LogP contribution is 2.19. The molecule has 6 nitrogen and oxygen atoms in total. The van der Waals surface area contributed by atoms with Gasteiger partial charge in [0.15, 0.2) is 0 Å². The third kappa shape index (κ3) is 9.52. The number of hydrogen-bond acceptors (Lipinski definition) is 4. The molecule has 164 valence electrons. The van der Waals surface area contributed by atoms with Crippen molar-refractivity contribution in [2.24, 2.45) is 0 Å². The number of carboxylic acids is 1. The first-order valence-corrected chi connectivity index (χ1v) is 12.0. The molecule has 0 aliphatic heterocycles. The Kier molecular flexibility index (Phi) is 10.00. The van der Waals surface area contributed by atoms with Crippen LogP contribution < -0.4 is 4.72 Å². The van der Waals surface area contributed by atoms with Crippen molar-refractivity contribution in [3.63, 3.8) is 0 Å². The average molecular weight is 434 g/mol. The van der Waals surface area contributed by atoms with Gasteiger partial charge >= 0.3 is 5.97 Å². The molecule has 0 heterocycles. The van der Waals surface area contributed by atoms with E-state index in [1.165, 1.54) is 0 Å². The van der Waals surface area contributed by atoms with E-state index in [4.69, 9.17) is 5.11 Å². The molecule has 1 atom stereocenters. The van der Waals surface area contributed by atoms with Gasteiger partial charge in [-0.15, -0.1) is 0 Å². The van der Waals surface area contributed by atoms with Gasteiger partial charge in [-0.1, -0.05) is 67.4 Å². The molecule has 0 aliphatic rings. The number of aliphatic hydroxyl groups excluding tert-OH is 1. The summed E-state index contributed by atoms with van der Waals surface area (Å²) in [4.78, 5) is 10.4. The molecule has 0 aromatic heterocycles. The average Bonchev–Trinajstić information content (AvgIpc) is 2.72. The summed E-state index contributed by atoms with van der Waals surface area (Å²) in [5.74, 6) is -0.785. The predicted octanol–water partition coefficient (Wildman–Crippen LogP) is 3.46. The molecule has 0 saturated heterocycles. The third-order valence-corrected chi connectivity index (χ3v) is 6.32. The predicted molar refractivity (Wildman–Crippen MR) is 118 cm³/mol. The summed E-state index contributed by atoms with van der Waals surface area (Å²) < 4.78 is 26.9.